The predicted octanol–water partition coefficient (Wildman–Crippen LogP) is 8.11. The highest BCUT2D eigenvalue weighted by Crippen LogP contribution is 2.28. The van der Waals surface area contributed by atoms with Gasteiger partial charge in [-0.05, 0) is 54.0 Å². The van der Waals surface area contributed by atoms with Crippen LogP contribution in [-0.4, -0.2) is 16.6 Å². The second-order valence-electron chi connectivity index (χ2n) is 8.50. The van der Waals surface area contributed by atoms with E-state index in [0.29, 0.717) is 46.5 Å². The number of hydrogen-bond donors (Lipinski definition) is 0. The van der Waals surface area contributed by atoms with E-state index in [4.69, 9.17) is 16.3 Å². The molecular weight excluding hydrogens is 473 g/mol. The Balaban J connectivity index is 1.45. The van der Waals surface area contributed by atoms with E-state index in [1.165, 1.54) is 25.0 Å². The molecule has 0 saturated carbocycles. The molecule has 0 fully saturated rings. The summed E-state index contributed by atoms with van der Waals surface area (Å²) in [5, 5.41) is 0.647. The van der Waals surface area contributed by atoms with Crippen molar-refractivity contribution in [2.24, 2.45) is 0 Å². The fourth-order valence-electron chi connectivity index (χ4n) is 3.96. The van der Waals surface area contributed by atoms with Crippen LogP contribution in [0, 0.1) is 17.5 Å². The molecule has 0 unspecified atom stereocenters. The molecular formula is C28H26ClF3N2O. The van der Waals surface area contributed by atoms with Gasteiger partial charge in [-0.3, -0.25) is 0 Å². The van der Waals surface area contributed by atoms with E-state index in [1.54, 1.807) is 30.6 Å². The Morgan fingerprint density at radius 2 is 1.60 bits per heavy atom. The van der Waals surface area contributed by atoms with Crippen LogP contribution in [0.3, 0.4) is 0 Å². The number of unbranched alkanes of at least 4 members (excludes halogenated alkanes) is 3. The summed E-state index contributed by atoms with van der Waals surface area (Å²) >= 11 is 5.53. The van der Waals surface area contributed by atoms with Crippen molar-refractivity contribution in [2.75, 3.05) is 6.61 Å². The van der Waals surface area contributed by atoms with Gasteiger partial charge in [0, 0.05) is 10.9 Å². The molecule has 1 heterocycles. The predicted molar refractivity (Wildman–Crippen MR) is 133 cm³/mol. The van der Waals surface area contributed by atoms with E-state index in [-0.39, 0.29) is 12.2 Å². The minimum atomic E-state index is -0.818. The first kappa shape index (κ1) is 25.0. The quantitative estimate of drug-likeness (QED) is 0.163. The summed E-state index contributed by atoms with van der Waals surface area (Å²) in [6.45, 7) is 2.81. The minimum absolute atomic E-state index is 0.284. The van der Waals surface area contributed by atoms with Crippen LogP contribution in [0.25, 0.3) is 22.2 Å². The Morgan fingerprint density at radius 1 is 0.857 bits per heavy atom. The Hall–Kier alpha value is -3.12. The maximum Gasteiger partial charge on any atom is 0.159 e. The first-order valence-corrected chi connectivity index (χ1v) is 12.1. The summed E-state index contributed by atoms with van der Waals surface area (Å²) in [5.74, 6) is -0.829. The van der Waals surface area contributed by atoms with Crippen molar-refractivity contribution in [1.82, 2.24) is 9.97 Å². The first-order chi connectivity index (χ1) is 17.0. The van der Waals surface area contributed by atoms with Gasteiger partial charge in [0.2, 0.25) is 0 Å². The average Bonchev–Trinajstić information content (AvgIpc) is 2.87. The first-order valence-electron chi connectivity index (χ1n) is 11.8. The lowest BCUT2D eigenvalue weighted by Crippen LogP contribution is -1.99. The van der Waals surface area contributed by atoms with Gasteiger partial charge in [-0.25, -0.2) is 23.1 Å². The highest BCUT2D eigenvalue weighted by atomic mass is 35.5. The number of rotatable bonds is 10. The summed E-state index contributed by atoms with van der Waals surface area (Å²) in [6, 6.07) is 11.2. The SMILES string of the molecule is CCCCCCOc1cnc(-c2ccc3c(F)c(CCc4cc(F)c(Cl)c(F)c4)ccc3c2)nc1. The van der Waals surface area contributed by atoms with Crippen molar-refractivity contribution in [3.63, 3.8) is 0 Å². The van der Waals surface area contributed by atoms with Crippen LogP contribution in [0.4, 0.5) is 13.2 Å². The molecule has 0 bridgehead atoms. The molecule has 0 aliphatic heterocycles. The fraction of sp³-hybridized carbons (Fsp3) is 0.286. The summed E-state index contributed by atoms with van der Waals surface area (Å²) in [4.78, 5) is 8.79. The molecule has 0 N–H and O–H groups in total. The summed E-state index contributed by atoms with van der Waals surface area (Å²) < 4.78 is 48.2. The van der Waals surface area contributed by atoms with Crippen LogP contribution >= 0.6 is 11.6 Å². The molecule has 0 spiro atoms. The Morgan fingerprint density at radius 3 is 2.31 bits per heavy atom. The number of fused-ring (bicyclic) bond motifs is 1. The van der Waals surface area contributed by atoms with E-state index in [9.17, 15) is 8.78 Å². The highest BCUT2D eigenvalue weighted by Gasteiger charge is 2.12. The second-order valence-corrected chi connectivity index (χ2v) is 8.88. The zero-order chi connectivity index (χ0) is 24.8. The average molecular weight is 499 g/mol. The lowest BCUT2D eigenvalue weighted by atomic mass is 9.99. The van der Waals surface area contributed by atoms with E-state index in [0.717, 1.165) is 18.4 Å². The van der Waals surface area contributed by atoms with Crippen molar-refractivity contribution in [3.8, 4) is 17.1 Å². The molecule has 3 aromatic carbocycles. The summed E-state index contributed by atoms with van der Waals surface area (Å²) in [6.07, 6.45) is 8.41. The number of aromatic nitrogens is 2. The number of ether oxygens (including phenoxy) is 1. The fourth-order valence-corrected chi connectivity index (χ4v) is 4.07. The summed E-state index contributed by atoms with van der Waals surface area (Å²) in [7, 11) is 0. The van der Waals surface area contributed by atoms with Crippen LogP contribution in [0.1, 0.15) is 43.7 Å². The van der Waals surface area contributed by atoms with Crippen molar-refractivity contribution in [3.05, 3.63) is 88.5 Å². The van der Waals surface area contributed by atoms with Gasteiger partial charge in [-0.15, -0.1) is 0 Å². The molecule has 0 aliphatic carbocycles. The minimum Gasteiger partial charge on any atom is -0.490 e. The molecule has 35 heavy (non-hydrogen) atoms. The van der Waals surface area contributed by atoms with Gasteiger partial charge in [0.25, 0.3) is 0 Å². The van der Waals surface area contributed by atoms with Gasteiger partial charge >= 0.3 is 0 Å². The third kappa shape index (κ3) is 6.12. The molecule has 0 aliphatic rings. The number of aryl methyl sites for hydroxylation is 2. The third-order valence-electron chi connectivity index (χ3n) is 5.91. The zero-order valence-electron chi connectivity index (χ0n) is 19.5. The molecule has 0 atom stereocenters. The van der Waals surface area contributed by atoms with Crippen molar-refractivity contribution < 1.29 is 17.9 Å². The van der Waals surface area contributed by atoms with Crippen LogP contribution in [0.5, 0.6) is 5.75 Å². The van der Waals surface area contributed by atoms with Gasteiger partial charge < -0.3 is 4.74 Å². The second kappa shape index (κ2) is 11.5. The molecule has 3 nitrogen and oxygen atoms in total. The number of benzene rings is 3. The number of hydrogen-bond acceptors (Lipinski definition) is 3. The zero-order valence-corrected chi connectivity index (χ0v) is 20.2. The van der Waals surface area contributed by atoms with E-state index >= 15 is 4.39 Å². The lowest BCUT2D eigenvalue weighted by Gasteiger charge is -2.10. The standard InChI is InChI=1S/C28H26ClF3N2O/c1-2-3-4-5-12-35-22-16-33-28(34-17-22)21-10-11-23-20(15-21)9-8-19(27(23)32)7-6-18-13-24(30)26(29)25(31)14-18/h8-11,13-17H,2-7,12H2,1H3. The number of halogens is 4. The molecule has 0 amide bonds. The Kier molecular flexibility index (Phi) is 8.24. The Bertz CT molecular complexity index is 1290. The molecule has 182 valence electrons. The van der Waals surface area contributed by atoms with Gasteiger partial charge in [-0.2, -0.15) is 0 Å². The van der Waals surface area contributed by atoms with Crippen molar-refractivity contribution in [2.45, 2.75) is 45.4 Å². The maximum absolute atomic E-state index is 15.2. The van der Waals surface area contributed by atoms with Gasteiger partial charge in [0.15, 0.2) is 11.6 Å². The summed E-state index contributed by atoms with van der Waals surface area (Å²) in [5.41, 5.74) is 1.66. The third-order valence-corrected chi connectivity index (χ3v) is 6.27. The molecule has 4 aromatic rings. The maximum atomic E-state index is 15.2. The van der Waals surface area contributed by atoms with Crippen molar-refractivity contribution in [1.29, 1.82) is 0 Å². The molecule has 0 saturated heterocycles. The molecule has 0 radical (unpaired) electrons. The largest absolute Gasteiger partial charge is 0.490 e. The highest BCUT2D eigenvalue weighted by molar-refractivity contribution is 6.30. The van der Waals surface area contributed by atoms with Crippen LogP contribution < -0.4 is 4.74 Å². The molecule has 4 rings (SSSR count). The van der Waals surface area contributed by atoms with Gasteiger partial charge in [0.05, 0.1) is 19.0 Å². The van der Waals surface area contributed by atoms with Gasteiger partial charge in [0.1, 0.15) is 22.5 Å². The number of nitrogens with zero attached hydrogens (tertiary/aromatic N) is 2. The topological polar surface area (TPSA) is 35.0 Å². The van der Waals surface area contributed by atoms with Crippen LogP contribution in [-0.2, 0) is 12.8 Å². The van der Waals surface area contributed by atoms with Crippen LogP contribution in [0.2, 0.25) is 5.02 Å². The smallest absolute Gasteiger partial charge is 0.159 e. The monoisotopic (exact) mass is 498 g/mol. The van der Waals surface area contributed by atoms with E-state index < -0.39 is 16.7 Å². The van der Waals surface area contributed by atoms with Crippen LogP contribution in [0.15, 0.2) is 54.9 Å². The van der Waals surface area contributed by atoms with Crippen molar-refractivity contribution >= 4 is 22.4 Å². The van der Waals surface area contributed by atoms with Gasteiger partial charge in [-0.1, -0.05) is 62.1 Å². The molecule has 7 heteroatoms. The van der Waals surface area contributed by atoms with E-state index in [1.807, 2.05) is 12.1 Å². The Labute approximate surface area is 207 Å². The lowest BCUT2D eigenvalue weighted by molar-refractivity contribution is 0.303. The normalized spacial score (nSPS) is 11.2. The molecule has 1 aromatic heterocycles. The van der Waals surface area contributed by atoms with E-state index in [2.05, 4.69) is 16.9 Å².